The number of aliphatic hydroxyl groups is 2. The molecule has 0 saturated heterocycles. The lowest BCUT2D eigenvalue weighted by atomic mass is 10.3. The molecule has 0 saturated carbocycles. The number of hydrogen-bond acceptors (Lipinski definition) is 3. The number of anilines is 1. The number of aliphatic hydroxyl groups excluding tert-OH is 1. The van der Waals surface area contributed by atoms with Crippen LogP contribution in [-0.4, -0.2) is 30.6 Å². The SMILES string of the molecule is CCCC(O)O.CN(C)c1ccccc1. The third-order valence-electron chi connectivity index (χ3n) is 1.82. The van der Waals surface area contributed by atoms with Gasteiger partial charge in [-0.3, -0.25) is 0 Å². The van der Waals surface area contributed by atoms with Gasteiger partial charge in [0.05, 0.1) is 0 Å². The Morgan fingerprint density at radius 3 is 1.87 bits per heavy atom. The second kappa shape index (κ2) is 8.26. The van der Waals surface area contributed by atoms with Gasteiger partial charge in [-0.05, 0) is 18.6 Å². The van der Waals surface area contributed by atoms with Crippen LogP contribution in [0.3, 0.4) is 0 Å². The predicted octanol–water partition coefficient (Wildman–Crippen LogP) is 1.85. The normalized spacial score (nSPS) is 9.47. The predicted molar refractivity (Wildman–Crippen MR) is 63.9 cm³/mol. The first-order valence-electron chi connectivity index (χ1n) is 5.16. The molecule has 15 heavy (non-hydrogen) atoms. The summed E-state index contributed by atoms with van der Waals surface area (Å²) >= 11 is 0. The minimum atomic E-state index is -1.10. The van der Waals surface area contributed by atoms with E-state index < -0.39 is 6.29 Å². The number of rotatable bonds is 3. The zero-order valence-corrected chi connectivity index (χ0v) is 9.72. The van der Waals surface area contributed by atoms with E-state index in [2.05, 4.69) is 17.0 Å². The van der Waals surface area contributed by atoms with Gasteiger partial charge in [0.1, 0.15) is 0 Å². The van der Waals surface area contributed by atoms with Crippen LogP contribution in [0.15, 0.2) is 30.3 Å². The van der Waals surface area contributed by atoms with Gasteiger partial charge in [-0.2, -0.15) is 0 Å². The molecule has 0 aliphatic carbocycles. The quantitative estimate of drug-likeness (QED) is 0.750. The van der Waals surface area contributed by atoms with Crippen molar-refractivity contribution in [3.8, 4) is 0 Å². The highest BCUT2D eigenvalue weighted by molar-refractivity contribution is 5.43. The van der Waals surface area contributed by atoms with Crippen molar-refractivity contribution < 1.29 is 10.2 Å². The first-order valence-corrected chi connectivity index (χ1v) is 5.16. The average molecular weight is 211 g/mol. The summed E-state index contributed by atoms with van der Waals surface area (Å²) in [5.41, 5.74) is 1.25. The lowest BCUT2D eigenvalue weighted by Crippen LogP contribution is -2.07. The van der Waals surface area contributed by atoms with Gasteiger partial charge in [0.25, 0.3) is 0 Å². The Kier molecular flexibility index (Phi) is 7.68. The van der Waals surface area contributed by atoms with E-state index in [1.54, 1.807) is 0 Å². The molecule has 0 aliphatic rings. The van der Waals surface area contributed by atoms with Crippen molar-refractivity contribution in [3.05, 3.63) is 30.3 Å². The highest BCUT2D eigenvalue weighted by Gasteiger charge is 1.89. The Hall–Kier alpha value is -1.06. The highest BCUT2D eigenvalue weighted by Crippen LogP contribution is 2.07. The fourth-order valence-electron chi connectivity index (χ4n) is 0.984. The molecule has 0 aliphatic heterocycles. The van der Waals surface area contributed by atoms with E-state index in [1.165, 1.54) is 5.69 Å². The van der Waals surface area contributed by atoms with Gasteiger partial charge in [0.15, 0.2) is 6.29 Å². The zero-order chi connectivity index (χ0) is 11.7. The largest absolute Gasteiger partial charge is 0.378 e. The first-order chi connectivity index (χ1) is 7.07. The molecule has 0 atom stereocenters. The van der Waals surface area contributed by atoms with Crippen molar-refractivity contribution in [1.29, 1.82) is 0 Å². The second-order valence-electron chi connectivity index (χ2n) is 3.50. The fraction of sp³-hybridized carbons (Fsp3) is 0.500. The molecule has 0 bridgehead atoms. The van der Waals surface area contributed by atoms with Crippen molar-refractivity contribution in [2.75, 3.05) is 19.0 Å². The van der Waals surface area contributed by atoms with E-state index >= 15 is 0 Å². The van der Waals surface area contributed by atoms with Gasteiger partial charge in [-0.1, -0.05) is 31.5 Å². The summed E-state index contributed by atoms with van der Waals surface area (Å²) in [6.45, 7) is 1.90. The number of benzene rings is 1. The summed E-state index contributed by atoms with van der Waals surface area (Å²) in [6, 6.07) is 10.3. The molecule has 0 fully saturated rings. The third kappa shape index (κ3) is 7.97. The molecule has 0 unspecified atom stereocenters. The Morgan fingerprint density at radius 1 is 1.13 bits per heavy atom. The van der Waals surface area contributed by atoms with Crippen LogP contribution in [0.2, 0.25) is 0 Å². The van der Waals surface area contributed by atoms with Gasteiger partial charge < -0.3 is 15.1 Å². The fourth-order valence-corrected chi connectivity index (χ4v) is 0.984. The van der Waals surface area contributed by atoms with E-state index in [0.717, 1.165) is 6.42 Å². The average Bonchev–Trinajstić information content (AvgIpc) is 2.20. The molecular formula is C12H21NO2. The first kappa shape index (κ1) is 13.9. The Balaban J connectivity index is 0.000000288. The smallest absolute Gasteiger partial charge is 0.151 e. The minimum absolute atomic E-state index is 0.486. The Labute approximate surface area is 92.0 Å². The van der Waals surface area contributed by atoms with Crippen LogP contribution >= 0.6 is 0 Å². The standard InChI is InChI=1S/C8H11N.C4H10O2/c1-9(2)8-6-4-3-5-7-8;1-2-3-4(5)6/h3-7H,1-2H3;4-6H,2-3H2,1H3. The van der Waals surface area contributed by atoms with Crippen LogP contribution in [0, 0.1) is 0 Å². The molecule has 0 aromatic heterocycles. The van der Waals surface area contributed by atoms with Crippen LogP contribution in [0.25, 0.3) is 0 Å². The summed E-state index contributed by atoms with van der Waals surface area (Å²) in [6.07, 6.45) is 0.215. The van der Waals surface area contributed by atoms with E-state index in [4.69, 9.17) is 10.2 Å². The van der Waals surface area contributed by atoms with E-state index in [0.29, 0.717) is 6.42 Å². The van der Waals surface area contributed by atoms with Crippen molar-refractivity contribution in [3.63, 3.8) is 0 Å². The van der Waals surface area contributed by atoms with Crippen LogP contribution in [0.5, 0.6) is 0 Å². The second-order valence-corrected chi connectivity index (χ2v) is 3.50. The molecule has 86 valence electrons. The van der Waals surface area contributed by atoms with Crippen molar-refractivity contribution in [2.24, 2.45) is 0 Å². The number of para-hydroxylation sites is 1. The summed E-state index contributed by atoms with van der Waals surface area (Å²) in [5.74, 6) is 0. The molecular weight excluding hydrogens is 190 g/mol. The summed E-state index contributed by atoms with van der Waals surface area (Å²) in [7, 11) is 4.07. The molecule has 3 nitrogen and oxygen atoms in total. The van der Waals surface area contributed by atoms with Gasteiger partial charge >= 0.3 is 0 Å². The molecule has 0 heterocycles. The van der Waals surface area contributed by atoms with Crippen molar-refractivity contribution in [1.82, 2.24) is 0 Å². The topological polar surface area (TPSA) is 43.7 Å². The summed E-state index contributed by atoms with van der Waals surface area (Å²) in [5, 5.41) is 16.2. The maximum Gasteiger partial charge on any atom is 0.151 e. The zero-order valence-electron chi connectivity index (χ0n) is 9.72. The molecule has 1 aromatic carbocycles. The minimum Gasteiger partial charge on any atom is -0.378 e. The van der Waals surface area contributed by atoms with Crippen molar-refractivity contribution in [2.45, 2.75) is 26.1 Å². The van der Waals surface area contributed by atoms with Crippen LogP contribution in [0.1, 0.15) is 19.8 Å². The molecule has 0 radical (unpaired) electrons. The molecule has 3 heteroatoms. The van der Waals surface area contributed by atoms with Crippen LogP contribution in [0.4, 0.5) is 5.69 Å². The lowest BCUT2D eigenvalue weighted by molar-refractivity contribution is -0.0453. The number of hydrogen-bond donors (Lipinski definition) is 2. The van der Waals surface area contributed by atoms with Crippen molar-refractivity contribution >= 4 is 5.69 Å². The molecule has 0 amide bonds. The maximum absolute atomic E-state index is 8.11. The van der Waals surface area contributed by atoms with E-state index in [9.17, 15) is 0 Å². The number of nitrogens with zero attached hydrogens (tertiary/aromatic N) is 1. The summed E-state index contributed by atoms with van der Waals surface area (Å²) < 4.78 is 0. The molecule has 0 spiro atoms. The lowest BCUT2D eigenvalue weighted by Gasteiger charge is -2.10. The van der Waals surface area contributed by atoms with Crippen LogP contribution < -0.4 is 4.90 Å². The van der Waals surface area contributed by atoms with Gasteiger partial charge in [-0.25, -0.2) is 0 Å². The molecule has 1 rings (SSSR count). The van der Waals surface area contributed by atoms with Gasteiger partial charge in [0.2, 0.25) is 0 Å². The Bertz CT molecular complexity index is 235. The van der Waals surface area contributed by atoms with E-state index in [1.807, 2.05) is 39.2 Å². The molecule has 1 aromatic rings. The van der Waals surface area contributed by atoms with Gasteiger partial charge in [-0.15, -0.1) is 0 Å². The molecule has 2 N–H and O–H groups in total. The van der Waals surface area contributed by atoms with Gasteiger partial charge in [0, 0.05) is 19.8 Å². The van der Waals surface area contributed by atoms with Crippen LogP contribution in [-0.2, 0) is 0 Å². The van der Waals surface area contributed by atoms with E-state index in [-0.39, 0.29) is 0 Å². The maximum atomic E-state index is 8.11. The highest BCUT2D eigenvalue weighted by atomic mass is 16.5. The third-order valence-corrected chi connectivity index (χ3v) is 1.82. The monoisotopic (exact) mass is 211 g/mol. The Morgan fingerprint density at radius 2 is 1.67 bits per heavy atom. The summed E-state index contributed by atoms with van der Waals surface area (Å²) in [4.78, 5) is 2.08.